The number of aryl methyl sites for hydroxylation is 1. The van der Waals surface area contributed by atoms with Crippen LogP contribution in [0.5, 0.6) is 0 Å². The molecule has 3 amide bonds. The van der Waals surface area contributed by atoms with Crippen molar-refractivity contribution in [2.75, 3.05) is 17.3 Å². The van der Waals surface area contributed by atoms with Gasteiger partial charge >= 0.3 is 17.8 Å². The van der Waals surface area contributed by atoms with Crippen LogP contribution in [0.25, 0.3) is 6.08 Å². The van der Waals surface area contributed by atoms with E-state index in [-0.39, 0.29) is 23.5 Å². The first-order valence-electron chi connectivity index (χ1n) is 11.5. The first kappa shape index (κ1) is 26.6. The summed E-state index contributed by atoms with van der Waals surface area (Å²) in [6, 6.07) is 17.4. The van der Waals surface area contributed by atoms with Crippen LogP contribution in [0.4, 0.5) is 11.4 Å². The fourth-order valence-corrected chi connectivity index (χ4v) is 4.28. The van der Waals surface area contributed by atoms with Crippen LogP contribution in [-0.2, 0) is 30.5 Å². The number of hydrogen-bond acceptors (Lipinski definition) is 6. The molecule has 1 aromatic heterocycles. The zero-order valence-electron chi connectivity index (χ0n) is 20.8. The quantitative estimate of drug-likeness (QED) is 0.253. The van der Waals surface area contributed by atoms with Crippen LogP contribution in [-0.4, -0.2) is 30.8 Å². The number of allylic oxidation sites excluding steroid dienone is 1. The highest BCUT2D eigenvalue weighted by atomic mass is 79.9. The van der Waals surface area contributed by atoms with Gasteiger partial charge in [-0.2, -0.15) is 0 Å². The molecule has 1 aliphatic rings. The Kier molecular flexibility index (Phi) is 7.92. The number of carbonyl (C=O) groups is 4. The van der Waals surface area contributed by atoms with E-state index in [1.807, 2.05) is 25.1 Å². The van der Waals surface area contributed by atoms with Crippen molar-refractivity contribution < 1.29 is 28.3 Å². The molecule has 3 aromatic rings. The molecular formula is C28H24BrN3O6. The van der Waals surface area contributed by atoms with Crippen LogP contribution in [0.15, 0.2) is 86.4 Å². The normalized spacial score (nSPS) is 14.2. The Morgan fingerprint density at radius 3 is 2.45 bits per heavy atom. The van der Waals surface area contributed by atoms with Crippen molar-refractivity contribution >= 4 is 57.1 Å². The fourth-order valence-electron chi connectivity index (χ4n) is 3.89. The minimum absolute atomic E-state index is 0.0554. The smallest absolute Gasteiger partial charge is 0.340 e. The molecule has 10 heteroatoms. The van der Waals surface area contributed by atoms with E-state index < -0.39 is 23.7 Å². The second-order valence-corrected chi connectivity index (χ2v) is 9.35. The summed E-state index contributed by atoms with van der Waals surface area (Å²) < 4.78 is 11.4. The minimum atomic E-state index is -0.830. The predicted molar refractivity (Wildman–Crippen MR) is 145 cm³/mol. The van der Waals surface area contributed by atoms with Gasteiger partial charge < -0.3 is 19.8 Å². The minimum Gasteiger partial charge on any atom is -0.465 e. The summed E-state index contributed by atoms with van der Waals surface area (Å²) in [6.07, 6.45) is 1.45. The number of rotatable bonds is 6. The maximum atomic E-state index is 13.4. The summed E-state index contributed by atoms with van der Waals surface area (Å²) in [7, 11) is 1.25. The molecule has 2 heterocycles. The molecule has 0 saturated carbocycles. The third kappa shape index (κ3) is 5.76. The molecule has 2 N–H and O–H groups in total. The summed E-state index contributed by atoms with van der Waals surface area (Å²) in [5.74, 6) is -2.08. The molecule has 38 heavy (non-hydrogen) atoms. The molecule has 1 aliphatic heterocycles. The van der Waals surface area contributed by atoms with Crippen molar-refractivity contribution in [3.63, 3.8) is 0 Å². The number of furan rings is 1. The van der Waals surface area contributed by atoms with Crippen molar-refractivity contribution in [3.05, 3.63) is 99.1 Å². The number of anilines is 2. The van der Waals surface area contributed by atoms with Crippen LogP contribution in [0, 0.1) is 6.92 Å². The Morgan fingerprint density at radius 1 is 1.03 bits per heavy atom. The molecule has 0 radical (unpaired) electrons. The molecule has 0 aliphatic carbocycles. The van der Waals surface area contributed by atoms with Crippen molar-refractivity contribution in [3.8, 4) is 0 Å². The number of nitrogens with one attached hydrogen (secondary N) is 2. The standard InChI is InChI=1S/C28H24BrN3O6/c1-16-7-9-19(10-8-16)31-26(34)25(33)30-15-22-12-11-21(38-22)14-23-24(28(36)37-3)17(2)32(27(23)35)20-6-4-5-18(29)13-20/h4-14H,15H2,1-3H3,(H,30,33)(H,31,34)/b23-14+. The van der Waals surface area contributed by atoms with Crippen molar-refractivity contribution in [1.29, 1.82) is 0 Å². The van der Waals surface area contributed by atoms with Crippen LogP contribution < -0.4 is 15.5 Å². The van der Waals surface area contributed by atoms with Gasteiger partial charge in [0.25, 0.3) is 5.91 Å². The zero-order chi connectivity index (χ0) is 27.4. The van der Waals surface area contributed by atoms with E-state index in [1.165, 1.54) is 18.1 Å². The first-order chi connectivity index (χ1) is 18.2. The summed E-state index contributed by atoms with van der Waals surface area (Å²) >= 11 is 3.40. The highest BCUT2D eigenvalue weighted by Gasteiger charge is 2.38. The van der Waals surface area contributed by atoms with E-state index in [0.29, 0.717) is 22.8 Å². The van der Waals surface area contributed by atoms with Gasteiger partial charge in [0.1, 0.15) is 11.5 Å². The SMILES string of the molecule is COC(=O)C1=C(C)N(c2cccc(Br)c2)C(=O)/C1=C/c1ccc(CNC(=O)C(=O)Nc2ccc(C)cc2)o1. The Morgan fingerprint density at radius 2 is 1.76 bits per heavy atom. The summed E-state index contributed by atoms with van der Waals surface area (Å²) in [5.41, 5.74) is 2.77. The lowest BCUT2D eigenvalue weighted by molar-refractivity contribution is -0.136. The van der Waals surface area contributed by atoms with Crippen molar-refractivity contribution in [2.24, 2.45) is 0 Å². The van der Waals surface area contributed by atoms with Gasteiger partial charge in [0.2, 0.25) is 0 Å². The second-order valence-electron chi connectivity index (χ2n) is 8.44. The van der Waals surface area contributed by atoms with E-state index in [1.54, 1.807) is 49.4 Å². The average Bonchev–Trinajstić information content (AvgIpc) is 3.44. The van der Waals surface area contributed by atoms with Gasteiger partial charge in [0.05, 0.1) is 30.5 Å². The molecule has 4 rings (SSSR count). The van der Waals surface area contributed by atoms with Gasteiger partial charge in [-0.3, -0.25) is 19.3 Å². The number of ether oxygens (including phenoxy) is 1. The fraction of sp³-hybridized carbons (Fsp3) is 0.143. The van der Waals surface area contributed by atoms with Gasteiger partial charge in [-0.05, 0) is 62.4 Å². The van der Waals surface area contributed by atoms with Gasteiger partial charge in [-0.15, -0.1) is 0 Å². The summed E-state index contributed by atoms with van der Waals surface area (Å²) in [5, 5.41) is 5.02. The molecule has 194 valence electrons. The van der Waals surface area contributed by atoms with E-state index in [2.05, 4.69) is 26.6 Å². The molecule has 0 unspecified atom stereocenters. The molecule has 2 aromatic carbocycles. The van der Waals surface area contributed by atoms with E-state index in [0.717, 1.165) is 10.0 Å². The number of benzene rings is 2. The van der Waals surface area contributed by atoms with Gasteiger partial charge in [-0.25, -0.2) is 4.79 Å². The van der Waals surface area contributed by atoms with Gasteiger partial charge in [-0.1, -0.05) is 39.7 Å². The van der Waals surface area contributed by atoms with Crippen molar-refractivity contribution in [2.45, 2.75) is 20.4 Å². The summed E-state index contributed by atoms with van der Waals surface area (Å²) in [4.78, 5) is 51.8. The lowest BCUT2D eigenvalue weighted by atomic mass is 10.1. The number of halogens is 1. The van der Waals surface area contributed by atoms with Crippen LogP contribution in [0.1, 0.15) is 24.0 Å². The maximum absolute atomic E-state index is 13.4. The van der Waals surface area contributed by atoms with Crippen LogP contribution >= 0.6 is 15.9 Å². The molecular weight excluding hydrogens is 554 g/mol. The third-order valence-electron chi connectivity index (χ3n) is 5.76. The maximum Gasteiger partial charge on any atom is 0.340 e. The second kappa shape index (κ2) is 11.3. The Balaban J connectivity index is 1.49. The Hall–Kier alpha value is -4.44. The Bertz CT molecular complexity index is 1490. The molecule has 0 spiro atoms. The summed E-state index contributed by atoms with van der Waals surface area (Å²) in [6.45, 7) is 3.53. The lowest BCUT2D eigenvalue weighted by Gasteiger charge is -2.18. The monoisotopic (exact) mass is 577 g/mol. The lowest BCUT2D eigenvalue weighted by Crippen LogP contribution is -2.34. The number of esters is 1. The predicted octanol–water partition coefficient (Wildman–Crippen LogP) is 4.48. The van der Waals surface area contributed by atoms with Gasteiger partial charge in [0.15, 0.2) is 0 Å². The zero-order valence-corrected chi connectivity index (χ0v) is 22.4. The highest BCUT2D eigenvalue weighted by molar-refractivity contribution is 9.10. The molecule has 0 saturated heterocycles. The molecule has 0 atom stereocenters. The van der Waals surface area contributed by atoms with Gasteiger partial charge in [0, 0.05) is 15.9 Å². The number of hydrogen-bond donors (Lipinski definition) is 2. The Labute approximate surface area is 227 Å². The topological polar surface area (TPSA) is 118 Å². The number of nitrogens with zero attached hydrogens (tertiary/aromatic N) is 1. The highest BCUT2D eigenvalue weighted by Crippen LogP contribution is 2.36. The number of carbonyl (C=O) groups excluding carboxylic acids is 4. The first-order valence-corrected chi connectivity index (χ1v) is 12.3. The largest absolute Gasteiger partial charge is 0.465 e. The average molecular weight is 578 g/mol. The number of amides is 3. The van der Waals surface area contributed by atoms with E-state index in [4.69, 9.17) is 9.15 Å². The third-order valence-corrected chi connectivity index (χ3v) is 6.26. The van der Waals surface area contributed by atoms with Crippen molar-refractivity contribution in [1.82, 2.24) is 5.32 Å². The van der Waals surface area contributed by atoms with E-state index >= 15 is 0 Å². The molecule has 0 bridgehead atoms. The molecule has 0 fully saturated rings. The van der Waals surface area contributed by atoms with Crippen LogP contribution in [0.2, 0.25) is 0 Å². The molecule has 9 nitrogen and oxygen atoms in total. The number of methoxy groups -OCH3 is 1. The van der Waals surface area contributed by atoms with Crippen LogP contribution in [0.3, 0.4) is 0 Å². The van der Waals surface area contributed by atoms with E-state index in [9.17, 15) is 19.2 Å².